The number of aryl methyl sites for hydroxylation is 3. The lowest BCUT2D eigenvalue weighted by Gasteiger charge is -2.33. The van der Waals surface area contributed by atoms with Gasteiger partial charge in [0.25, 0.3) is 0 Å². The maximum atomic E-state index is 13.8. The molecule has 1 amide bonds. The summed E-state index contributed by atoms with van der Waals surface area (Å²) in [5.74, 6) is -3.10. The standard InChI is InChI=1S/C13H15F2NO2.ClH/c1-7-4-8(2)10(9(3)5-7)11-13(14,15)6-18-12(17)16-11;/h4-5,11H,6H2,1-3H3,(H,16,17);1H/t11-;/m1./s1. The molecule has 0 saturated carbocycles. The predicted octanol–water partition coefficient (Wildman–Crippen LogP) is 3.45. The van der Waals surface area contributed by atoms with Crippen LogP contribution in [0.2, 0.25) is 0 Å². The number of benzene rings is 1. The van der Waals surface area contributed by atoms with Crippen LogP contribution in [0.3, 0.4) is 0 Å². The molecule has 1 N–H and O–H groups in total. The van der Waals surface area contributed by atoms with Gasteiger partial charge >= 0.3 is 12.0 Å². The average molecular weight is 292 g/mol. The second kappa shape index (κ2) is 5.33. The summed E-state index contributed by atoms with van der Waals surface area (Å²) in [5, 5.41) is 2.21. The SMILES string of the molecule is Cc1cc(C)c([C@H]2NC(=O)OCC2(F)F)c(C)c1.Cl. The molecule has 1 aliphatic rings. The fourth-order valence-electron chi connectivity index (χ4n) is 2.44. The van der Waals surface area contributed by atoms with E-state index in [0.717, 1.165) is 16.7 Å². The highest BCUT2D eigenvalue weighted by Crippen LogP contribution is 2.37. The number of ether oxygens (including phenoxy) is 1. The number of alkyl halides is 2. The molecule has 0 bridgehead atoms. The largest absolute Gasteiger partial charge is 0.443 e. The Kier molecular flexibility index (Phi) is 4.40. The second-order valence-electron chi connectivity index (χ2n) is 4.73. The highest BCUT2D eigenvalue weighted by Gasteiger charge is 2.47. The van der Waals surface area contributed by atoms with Crippen LogP contribution in [0.15, 0.2) is 12.1 Å². The molecule has 0 unspecified atom stereocenters. The van der Waals surface area contributed by atoms with Gasteiger partial charge in [0.2, 0.25) is 0 Å². The fourth-order valence-corrected chi connectivity index (χ4v) is 2.44. The molecule has 1 atom stereocenters. The first-order valence-electron chi connectivity index (χ1n) is 5.70. The molecule has 0 spiro atoms. The molecule has 3 nitrogen and oxygen atoms in total. The number of hydrogen-bond acceptors (Lipinski definition) is 2. The maximum absolute atomic E-state index is 13.8. The number of cyclic esters (lactones) is 1. The summed E-state index contributed by atoms with van der Waals surface area (Å²) in [5.41, 5.74) is 2.98. The number of rotatable bonds is 1. The Balaban J connectivity index is 0.00000180. The van der Waals surface area contributed by atoms with Crippen molar-refractivity contribution < 1.29 is 18.3 Å². The van der Waals surface area contributed by atoms with E-state index in [1.807, 2.05) is 19.1 Å². The van der Waals surface area contributed by atoms with Crippen molar-refractivity contribution in [2.24, 2.45) is 0 Å². The molecule has 19 heavy (non-hydrogen) atoms. The Morgan fingerprint density at radius 3 is 2.32 bits per heavy atom. The van der Waals surface area contributed by atoms with Crippen LogP contribution in [0.25, 0.3) is 0 Å². The van der Waals surface area contributed by atoms with Crippen molar-refractivity contribution >= 4 is 18.5 Å². The van der Waals surface area contributed by atoms with Gasteiger partial charge in [0.05, 0.1) is 0 Å². The van der Waals surface area contributed by atoms with E-state index < -0.39 is 24.7 Å². The summed E-state index contributed by atoms with van der Waals surface area (Å²) in [6.45, 7) is 4.57. The van der Waals surface area contributed by atoms with Crippen LogP contribution in [0.5, 0.6) is 0 Å². The third kappa shape index (κ3) is 2.97. The van der Waals surface area contributed by atoms with E-state index in [1.165, 1.54) is 0 Å². The highest BCUT2D eigenvalue weighted by atomic mass is 35.5. The minimum atomic E-state index is -3.10. The number of alkyl carbamates (subject to hydrolysis) is 1. The number of hydrogen-bond donors (Lipinski definition) is 1. The first-order valence-corrected chi connectivity index (χ1v) is 5.70. The Morgan fingerprint density at radius 2 is 1.79 bits per heavy atom. The molecule has 1 aliphatic heterocycles. The third-order valence-corrected chi connectivity index (χ3v) is 3.11. The number of nitrogens with one attached hydrogen (secondary N) is 1. The molecular formula is C13H16ClF2NO2. The molecule has 0 aromatic heterocycles. The lowest BCUT2D eigenvalue weighted by atomic mass is 9.90. The molecule has 6 heteroatoms. The molecule has 2 rings (SSSR count). The van der Waals surface area contributed by atoms with Crippen molar-refractivity contribution in [2.75, 3.05) is 6.61 Å². The zero-order valence-electron chi connectivity index (χ0n) is 10.9. The second-order valence-corrected chi connectivity index (χ2v) is 4.73. The van der Waals surface area contributed by atoms with Gasteiger partial charge in [0, 0.05) is 0 Å². The van der Waals surface area contributed by atoms with Gasteiger partial charge in [-0.2, -0.15) is 0 Å². The zero-order valence-corrected chi connectivity index (χ0v) is 11.7. The minimum absolute atomic E-state index is 0. The van der Waals surface area contributed by atoms with Crippen LogP contribution in [0.1, 0.15) is 28.3 Å². The summed E-state index contributed by atoms with van der Waals surface area (Å²) >= 11 is 0. The Morgan fingerprint density at radius 1 is 1.26 bits per heavy atom. The van der Waals surface area contributed by atoms with Gasteiger partial charge in [-0.25, -0.2) is 13.6 Å². The number of amides is 1. The summed E-state index contributed by atoms with van der Waals surface area (Å²) in [6, 6.07) is 2.35. The van der Waals surface area contributed by atoms with Crippen LogP contribution in [0, 0.1) is 20.8 Å². The maximum Gasteiger partial charge on any atom is 0.408 e. The summed E-state index contributed by atoms with van der Waals surface area (Å²) < 4.78 is 32.0. The van der Waals surface area contributed by atoms with Crippen LogP contribution < -0.4 is 5.32 Å². The van der Waals surface area contributed by atoms with Crippen molar-refractivity contribution in [3.63, 3.8) is 0 Å². The van der Waals surface area contributed by atoms with Crippen molar-refractivity contribution in [1.82, 2.24) is 5.32 Å². The first kappa shape index (κ1) is 15.7. The van der Waals surface area contributed by atoms with E-state index in [0.29, 0.717) is 5.56 Å². The molecule has 1 aromatic rings. The van der Waals surface area contributed by atoms with Crippen LogP contribution >= 0.6 is 12.4 Å². The summed E-state index contributed by atoms with van der Waals surface area (Å²) in [6.07, 6.45) is -0.801. The lowest BCUT2D eigenvalue weighted by Crippen LogP contribution is -2.50. The highest BCUT2D eigenvalue weighted by molar-refractivity contribution is 5.85. The predicted molar refractivity (Wildman–Crippen MR) is 70.1 cm³/mol. The molecule has 0 aliphatic carbocycles. The van der Waals surface area contributed by atoms with Gasteiger partial charge in [0.15, 0.2) is 6.61 Å². The van der Waals surface area contributed by atoms with Crippen LogP contribution in [-0.2, 0) is 4.74 Å². The third-order valence-electron chi connectivity index (χ3n) is 3.11. The smallest absolute Gasteiger partial charge is 0.408 e. The van der Waals surface area contributed by atoms with Gasteiger partial charge in [-0.3, -0.25) is 0 Å². The van der Waals surface area contributed by atoms with E-state index >= 15 is 0 Å². The summed E-state index contributed by atoms with van der Waals surface area (Å²) in [7, 11) is 0. The molecule has 1 aromatic carbocycles. The number of carbonyl (C=O) groups is 1. The van der Waals surface area contributed by atoms with E-state index in [1.54, 1.807) is 13.8 Å². The Bertz CT molecular complexity index is 482. The molecule has 1 heterocycles. The van der Waals surface area contributed by atoms with E-state index in [9.17, 15) is 13.6 Å². The molecule has 1 fully saturated rings. The van der Waals surface area contributed by atoms with Crippen molar-refractivity contribution in [3.8, 4) is 0 Å². The lowest BCUT2D eigenvalue weighted by molar-refractivity contribution is -0.104. The molecular weight excluding hydrogens is 276 g/mol. The monoisotopic (exact) mass is 291 g/mol. The summed E-state index contributed by atoms with van der Waals surface area (Å²) in [4.78, 5) is 11.2. The zero-order chi connectivity index (χ0) is 13.5. The van der Waals surface area contributed by atoms with Crippen LogP contribution in [-0.4, -0.2) is 18.6 Å². The topological polar surface area (TPSA) is 38.3 Å². The van der Waals surface area contributed by atoms with Gasteiger partial charge in [-0.05, 0) is 37.5 Å². The number of carbonyl (C=O) groups excluding carboxylic acids is 1. The molecule has 0 radical (unpaired) electrons. The van der Waals surface area contributed by atoms with Gasteiger partial charge in [-0.1, -0.05) is 17.7 Å². The normalized spacial score (nSPS) is 21.1. The van der Waals surface area contributed by atoms with Crippen molar-refractivity contribution in [1.29, 1.82) is 0 Å². The minimum Gasteiger partial charge on any atom is -0.443 e. The molecule has 1 saturated heterocycles. The van der Waals surface area contributed by atoms with Crippen molar-refractivity contribution in [2.45, 2.75) is 32.7 Å². The number of halogens is 3. The van der Waals surface area contributed by atoms with Crippen molar-refractivity contribution in [3.05, 3.63) is 34.4 Å². The first-order chi connectivity index (χ1) is 8.31. The fraction of sp³-hybridized carbons (Fsp3) is 0.462. The van der Waals surface area contributed by atoms with E-state index in [4.69, 9.17) is 0 Å². The van der Waals surface area contributed by atoms with Gasteiger partial charge < -0.3 is 10.1 Å². The Hall–Kier alpha value is -1.36. The van der Waals surface area contributed by atoms with Gasteiger partial charge in [0.1, 0.15) is 6.04 Å². The van der Waals surface area contributed by atoms with E-state index in [2.05, 4.69) is 10.1 Å². The van der Waals surface area contributed by atoms with Gasteiger partial charge in [-0.15, -0.1) is 12.4 Å². The Labute approximate surface area is 116 Å². The average Bonchev–Trinajstić information content (AvgIpc) is 2.22. The van der Waals surface area contributed by atoms with Crippen LogP contribution in [0.4, 0.5) is 13.6 Å². The van der Waals surface area contributed by atoms with E-state index in [-0.39, 0.29) is 12.4 Å². The molecule has 106 valence electrons. The quantitative estimate of drug-likeness (QED) is 0.860.